The van der Waals surface area contributed by atoms with Crippen molar-refractivity contribution in [2.45, 2.75) is 19.4 Å². The van der Waals surface area contributed by atoms with Crippen LogP contribution in [0.4, 0.5) is 5.69 Å². The number of amides is 3. The number of benzene rings is 2. The van der Waals surface area contributed by atoms with Gasteiger partial charge in [0.2, 0.25) is 11.8 Å². The van der Waals surface area contributed by atoms with E-state index in [1.54, 1.807) is 24.3 Å². The van der Waals surface area contributed by atoms with E-state index in [2.05, 4.69) is 4.99 Å². The Kier molecular flexibility index (Phi) is 4.99. The number of hydrogen-bond acceptors (Lipinski definition) is 4. The van der Waals surface area contributed by atoms with E-state index in [9.17, 15) is 14.4 Å². The lowest BCUT2D eigenvalue weighted by molar-refractivity contribution is -0.121. The molecule has 0 bridgehead atoms. The molecule has 0 saturated carbocycles. The zero-order valence-corrected chi connectivity index (χ0v) is 15.8. The number of aromatic nitrogens is 1. The van der Waals surface area contributed by atoms with Crippen molar-refractivity contribution in [2.75, 3.05) is 4.90 Å². The Morgan fingerprint density at radius 1 is 0.964 bits per heavy atom. The van der Waals surface area contributed by atoms with Crippen molar-refractivity contribution >= 4 is 34.7 Å². The zero-order valence-electron chi connectivity index (χ0n) is 14.9. The van der Waals surface area contributed by atoms with Crippen LogP contribution < -0.4 is 9.70 Å². The Bertz CT molecular complexity index is 1080. The van der Waals surface area contributed by atoms with Gasteiger partial charge in [-0.3, -0.25) is 19.3 Å². The molecule has 4 rings (SSSR count). The molecule has 140 valence electrons. The molecule has 1 aliphatic rings. The summed E-state index contributed by atoms with van der Waals surface area (Å²) in [5.74, 6) is -0.793. The lowest BCUT2D eigenvalue weighted by Crippen LogP contribution is -2.28. The topological polar surface area (TPSA) is 71.7 Å². The fourth-order valence-corrected chi connectivity index (χ4v) is 3.78. The number of nitrogens with zero attached hydrogens (tertiary/aromatic N) is 3. The second-order valence-corrected chi connectivity index (χ2v) is 7.26. The molecule has 28 heavy (non-hydrogen) atoms. The first-order valence-corrected chi connectivity index (χ1v) is 9.72. The van der Waals surface area contributed by atoms with Crippen molar-refractivity contribution in [3.05, 3.63) is 82.1 Å². The smallest absolute Gasteiger partial charge is 0.279 e. The molecule has 1 saturated heterocycles. The van der Waals surface area contributed by atoms with Gasteiger partial charge in [0.25, 0.3) is 5.91 Å². The van der Waals surface area contributed by atoms with Gasteiger partial charge in [0.15, 0.2) is 4.80 Å². The van der Waals surface area contributed by atoms with Gasteiger partial charge in [-0.15, -0.1) is 11.3 Å². The summed E-state index contributed by atoms with van der Waals surface area (Å²) in [6.07, 6.45) is 2.36. The third kappa shape index (κ3) is 3.70. The number of imide groups is 1. The van der Waals surface area contributed by atoms with E-state index in [-0.39, 0.29) is 30.6 Å². The molecule has 0 aliphatic carbocycles. The van der Waals surface area contributed by atoms with Gasteiger partial charge in [0.1, 0.15) is 0 Å². The van der Waals surface area contributed by atoms with E-state index in [1.807, 2.05) is 46.5 Å². The third-order valence-electron chi connectivity index (χ3n) is 4.48. The quantitative estimate of drug-likeness (QED) is 0.642. The lowest BCUT2D eigenvalue weighted by atomic mass is 10.2. The summed E-state index contributed by atoms with van der Waals surface area (Å²) >= 11 is 1.39. The van der Waals surface area contributed by atoms with Gasteiger partial charge in [-0.1, -0.05) is 30.3 Å². The molecule has 1 aliphatic heterocycles. The molecular weight excluding hydrogens is 374 g/mol. The molecular formula is C21H17N3O3S. The average molecular weight is 391 g/mol. The Labute approximate surface area is 165 Å². The van der Waals surface area contributed by atoms with Crippen molar-refractivity contribution in [1.82, 2.24) is 4.57 Å². The van der Waals surface area contributed by atoms with Gasteiger partial charge >= 0.3 is 0 Å². The van der Waals surface area contributed by atoms with Gasteiger partial charge in [0.05, 0.1) is 5.69 Å². The molecule has 0 radical (unpaired) electrons. The summed E-state index contributed by atoms with van der Waals surface area (Å²) in [4.78, 5) is 42.2. The van der Waals surface area contributed by atoms with Gasteiger partial charge < -0.3 is 4.57 Å². The SMILES string of the molecule is O=C(N=c1sccn1Cc1ccccc1)c1ccc(N2C(=O)CCC2=O)cc1. The predicted octanol–water partition coefficient (Wildman–Crippen LogP) is 2.99. The molecule has 2 aromatic carbocycles. The standard InChI is InChI=1S/C21H17N3O3S/c25-18-10-11-19(26)24(18)17-8-6-16(7-9-17)20(27)22-21-23(12-13-28-21)14-15-4-2-1-3-5-15/h1-9,12-13H,10-11,14H2. The summed E-state index contributed by atoms with van der Waals surface area (Å²) in [6, 6.07) is 16.4. The highest BCUT2D eigenvalue weighted by molar-refractivity contribution is 7.07. The minimum atomic E-state index is -0.366. The maximum atomic E-state index is 12.6. The lowest BCUT2D eigenvalue weighted by Gasteiger charge is -2.13. The van der Waals surface area contributed by atoms with Crippen LogP contribution in [0.1, 0.15) is 28.8 Å². The molecule has 1 fully saturated rings. The van der Waals surface area contributed by atoms with Gasteiger partial charge in [-0.2, -0.15) is 4.99 Å². The van der Waals surface area contributed by atoms with Crippen LogP contribution in [0.5, 0.6) is 0 Å². The molecule has 3 aromatic rings. The molecule has 1 aromatic heterocycles. The zero-order chi connectivity index (χ0) is 19.5. The van der Waals surface area contributed by atoms with E-state index < -0.39 is 0 Å². The third-order valence-corrected chi connectivity index (χ3v) is 5.27. The van der Waals surface area contributed by atoms with Crippen LogP contribution >= 0.6 is 11.3 Å². The molecule has 7 heteroatoms. The van der Waals surface area contributed by atoms with Crippen LogP contribution in [0, 0.1) is 0 Å². The van der Waals surface area contributed by atoms with Crippen molar-refractivity contribution in [3.63, 3.8) is 0 Å². The van der Waals surface area contributed by atoms with E-state index in [0.717, 1.165) is 5.56 Å². The largest absolute Gasteiger partial charge is 0.319 e. The number of anilines is 1. The van der Waals surface area contributed by atoms with E-state index >= 15 is 0 Å². The van der Waals surface area contributed by atoms with Gasteiger partial charge in [-0.05, 0) is 29.8 Å². The second kappa shape index (κ2) is 7.74. The van der Waals surface area contributed by atoms with Crippen molar-refractivity contribution in [3.8, 4) is 0 Å². The fourth-order valence-electron chi connectivity index (χ4n) is 3.06. The number of thiazole rings is 1. The summed E-state index contributed by atoms with van der Waals surface area (Å²) in [6.45, 7) is 0.634. The molecule has 0 spiro atoms. The van der Waals surface area contributed by atoms with E-state index in [0.29, 0.717) is 22.6 Å². The monoisotopic (exact) mass is 391 g/mol. The first-order chi connectivity index (χ1) is 13.6. The Morgan fingerprint density at radius 2 is 1.64 bits per heavy atom. The first kappa shape index (κ1) is 18.1. The first-order valence-electron chi connectivity index (χ1n) is 8.84. The van der Waals surface area contributed by atoms with Crippen LogP contribution in [0.3, 0.4) is 0 Å². The minimum absolute atomic E-state index is 0.214. The Balaban J connectivity index is 1.55. The van der Waals surface area contributed by atoms with Crippen LogP contribution in [0.25, 0.3) is 0 Å². The number of rotatable bonds is 4. The van der Waals surface area contributed by atoms with Crippen LogP contribution in [0.15, 0.2) is 71.2 Å². The second-order valence-electron chi connectivity index (χ2n) is 6.39. The fraction of sp³-hybridized carbons (Fsp3) is 0.143. The summed E-state index contributed by atoms with van der Waals surface area (Å²) in [7, 11) is 0. The highest BCUT2D eigenvalue weighted by Gasteiger charge is 2.30. The van der Waals surface area contributed by atoms with Crippen molar-refractivity contribution in [1.29, 1.82) is 0 Å². The highest BCUT2D eigenvalue weighted by atomic mass is 32.1. The van der Waals surface area contributed by atoms with Crippen LogP contribution in [-0.2, 0) is 16.1 Å². The number of carbonyl (C=O) groups excluding carboxylic acids is 3. The van der Waals surface area contributed by atoms with Gasteiger partial charge in [0, 0.05) is 36.5 Å². The van der Waals surface area contributed by atoms with E-state index in [4.69, 9.17) is 0 Å². The maximum absolute atomic E-state index is 12.6. The van der Waals surface area contributed by atoms with Crippen LogP contribution in [0.2, 0.25) is 0 Å². The molecule has 6 nitrogen and oxygen atoms in total. The average Bonchev–Trinajstić information content (AvgIpc) is 3.28. The number of hydrogen-bond donors (Lipinski definition) is 0. The van der Waals surface area contributed by atoms with Crippen molar-refractivity contribution < 1.29 is 14.4 Å². The maximum Gasteiger partial charge on any atom is 0.279 e. The number of carbonyl (C=O) groups is 3. The summed E-state index contributed by atoms with van der Waals surface area (Å²) < 4.78 is 1.92. The minimum Gasteiger partial charge on any atom is -0.319 e. The van der Waals surface area contributed by atoms with E-state index in [1.165, 1.54) is 16.2 Å². The molecule has 2 heterocycles. The summed E-state index contributed by atoms with van der Waals surface area (Å²) in [5, 5.41) is 1.89. The molecule has 3 amide bonds. The molecule has 0 unspecified atom stereocenters. The highest BCUT2D eigenvalue weighted by Crippen LogP contribution is 2.22. The Hall–Kier alpha value is -3.32. The van der Waals surface area contributed by atoms with Crippen LogP contribution in [-0.4, -0.2) is 22.3 Å². The Morgan fingerprint density at radius 3 is 2.32 bits per heavy atom. The van der Waals surface area contributed by atoms with Gasteiger partial charge in [-0.25, -0.2) is 0 Å². The van der Waals surface area contributed by atoms with Crippen molar-refractivity contribution in [2.24, 2.45) is 4.99 Å². The predicted molar refractivity (Wildman–Crippen MR) is 106 cm³/mol. The summed E-state index contributed by atoms with van der Waals surface area (Å²) in [5.41, 5.74) is 2.01. The molecule has 0 N–H and O–H groups in total. The normalized spacial score (nSPS) is 14.7. The molecule has 0 atom stereocenters.